The Morgan fingerprint density at radius 2 is 1.09 bits per heavy atom. The van der Waals surface area contributed by atoms with Crippen LogP contribution in [0.3, 0.4) is 0 Å². The van der Waals surface area contributed by atoms with Crippen molar-refractivity contribution in [2.45, 2.75) is 0 Å². The molecule has 9 aromatic carbocycles. The number of para-hydroxylation sites is 2. The van der Waals surface area contributed by atoms with E-state index in [0.717, 1.165) is 69.9 Å². The molecule has 12 rings (SSSR count). The van der Waals surface area contributed by atoms with E-state index in [9.17, 15) is 6.85 Å². The van der Waals surface area contributed by atoms with E-state index in [4.69, 9.17) is 2.74 Å². The van der Waals surface area contributed by atoms with Crippen LogP contribution < -0.4 is 0 Å². The Bertz CT molecular complexity index is 3910. The van der Waals surface area contributed by atoms with Crippen LogP contribution in [0, 0.1) is 0 Å². The normalized spacial score (nSPS) is 13.6. The standard InChI is InChI=1S/C54H34N2S/c1-3-13-35(14-4-1)36-25-27-37(28-26-36)41-19-11-21-49-53(41)45-34-39(30-32-48(45)55(49)40-15-5-2-6-16-40)38-29-31-47-44(33-38)42-17-7-9-20-46(42)56(47)50-22-12-24-52-54(50)43-18-8-10-23-51(43)57-52/h1-34H/i7D,9D,17D,20D,29D,31D,33D. The van der Waals surface area contributed by atoms with Crippen molar-refractivity contribution < 1.29 is 9.60 Å². The zero-order chi connectivity index (χ0) is 43.5. The van der Waals surface area contributed by atoms with E-state index in [1.54, 1.807) is 15.9 Å². The summed E-state index contributed by atoms with van der Waals surface area (Å²) >= 11 is 1.62. The SMILES string of the molecule is [2H]c1c([2H])c([2H])c2c(c1[2H])c1c([2H])c(-c3ccc4c(c3)c3c(-c5ccc(-c6ccccc6)cc5)cccc3n4-c3ccccc3)c([2H])c([2H])c1n2-c1cccc2sc3ccccc3c12. The zero-order valence-electron chi connectivity index (χ0n) is 37.4. The van der Waals surface area contributed by atoms with Crippen LogP contribution in [0.4, 0.5) is 0 Å². The molecule has 3 aromatic heterocycles. The van der Waals surface area contributed by atoms with Crippen LogP contribution in [0.15, 0.2) is 206 Å². The average molecular weight is 750 g/mol. The molecule has 0 radical (unpaired) electrons. The molecule has 0 fully saturated rings. The molecule has 0 saturated carbocycles. The van der Waals surface area contributed by atoms with Gasteiger partial charge in [0.2, 0.25) is 0 Å². The second-order valence-corrected chi connectivity index (χ2v) is 15.4. The first kappa shape index (κ1) is 25.8. The summed E-state index contributed by atoms with van der Waals surface area (Å²) < 4.78 is 71.7. The van der Waals surface area contributed by atoms with Gasteiger partial charge in [-0.2, -0.15) is 0 Å². The lowest BCUT2D eigenvalue weighted by Crippen LogP contribution is -1.94. The first-order valence-corrected chi connectivity index (χ1v) is 19.8. The van der Waals surface area contributed by atoms with E-state index in [1.807, 2.05) is 97.1 Å². The third-order valence-electron chi connectivity index (χ3n) is 11.2. The maximum Gasteiger partial charge on any atom is 0.0645 e. The molecule has 0 unspecified atom stereocenters. The van der Waals surface area contributed by atoms with Gasteiger partial charge in [-0.3, -0.25) is 0 Å². The van der Waals surface area contributed by atoms with Crippen molar-refractivity contribution in [3.63, 3.8) is 0 Å². The number of hydrogen-bond acceptors (Lipinski definition) is 1. The molecule has 0 N–H and O–H groups in total. The van der Waals surface area contributed by atoms with Crippen molar-refractivity contribution in [3.05, 3.63) is 206 Å². The molecule has 0 atom stereocenters. The Kier molecular flexibility index (Phi) is 5.74. The van der Waals surface area contributed by atoms with E-state index in [1.165, 1.54) is 0 Å². The monoisotopic (exact) mass is 749 g/mol. The molecule has 3 heterocycles. The fourth-order valence-corrected chi connectivity index (χ4v) is 9.76. The fourth-order valence-electron chi connectivity index (χ4n) is 8.64. The fraction of sp³-hybridized carbons (Fsp3) is 0. The van der Waals surface area contributed by atoms with Gasteiger partial charge >= 0.3 is 0 Å². The molecule has 2 nitrogen and oxygen atoms in total. The van der Waals surface area contributed by atoms with Crippen LogP contribution in [-0.4, -0.2) is 9.13 Å². The topological polar surface area (TPSA) is 9.86 Å². The molecule has 0 saturated heterocycles. The van der Waals surface area contributed by atoms with Gasteiger partial charge in [-0.1, -0.05) is 139 Å². The molecule has 0 amide bonds. The summed E-state index contributed by atoms with van der Waals surface area (Å²) in [5.74, 6) is 0. The third kappa shape index (κ3) is 4.96. The van der Waals surface area contributed by atoms with Crippen LogP contribution in [0.2, 0.25) is 0 Å². The largest absolute Gasteiger partial charge is 0.309 e. The Labute approximate surface area is 343 Å². The molecular weight excluding hydrogens is 709 g/mol. The highest BCUT2D eigenvalue weighted by Crippen LogP contribution is 2.44. The number of rotatable bonds is 5. The van der Waals surface area contributed by atoms with E-state index in [-0.39, 0.29) is 57.6 Å². The summed E-state index contributed by atoms with van der Waals surface area (Å²) in [4.78, 5) is 0. The molecule has 0 aliphatic heterocycles. The first-order valence-electron chi connectivity index (χ1n) is 22.4. The van der Waals surface area contributed by atoms with Crippen molar-refractivity contribution in [1.82, 2.24) is 9.13 Å². The smallest absolute Gasteiger partial charge is 0.0645 e. The Morgan fingerprint density at radius 3 is 1.96 bits per heavy atom. The summed E-state index contributed by atoms with van der Waals surface area (Å²) in [6, 6.07) is 53.4. The minimum Gasteiger partial charge on any atom is -0.309 e. The Hall–Kier alpha value is -7.20. The van der Waals surface area contributed by atoms with Crippen LogP contribution >= 0.6 is 11.3 Å². The summed E-state index contributed by atoms with van der Waals surface area (Å²) in [6.45, 7) is 0. The van der Waals surface area contributed by atoms with E-state index < -0.39 is 12.1 Å². The molecular formula is C54H34N2S. The number of thiophene rings is 1. The van der Waals surface area contributed by atoms with Gasteiger partial charge in [-0.15, -0.1) is 11.3 Å². The van der Waals surface area contributed by atoms with Crippen molar-refractivity contribution in [3.8, 4) is 44.8 Å². The van der Waals surface area contributed by atoms with Crippen LogP contribution in [0.1, 0.15) is 9.60 Å². The molecule has 266 valence electrons. The van der Waals surface area contributed by atoms with Gasteiger partial charge in [-0.05, 0) is 100 Å². The van der Waals surface area contributed by atoms with Crippen molar-refractivity contribution >= 4 is 75.1 Å². The number of hydrogen-bond donors (Lipinski definition) is 0. The van der Waals surface area contributed by atoms with E-state index >= 15 is 0 Å². The van der Waals surface area contributed by atoms with Crippen LogP contribution in [-0.2, 0) is 0 Å². The van der Waals surface area contributed by atoms with Crippen LogP contribution in [0.5, 0.6) is 0 Å². The number of aromatic nitrogens is 2. The third-order valence-corrected chi connectivity index (χ3v) is 12.3. The second-order valence-electron chi connectivity index (χ2n) is 14.3. The van der Waals surface area contributed by atoms with Gasteiger partial charge in [0.1, 0.15) is 0 Å². The molecule has 12 aromatic rings. The molecule has 0 spiro atoms. The molecule has 0 bridgehead atoms. The minimum atomic E-state index is -0.419. The summed E-state index contributed by atoms with van der Waals surface area (Å²) in [5.41, 5.74) is 9.00. The maximum atomic E-state index is 10.0. The summed E-state index contributed by atoms with van der Waals surface area (Å²) in [7, 11) is 0. The van der Waals surface area contributed by atoms with Crippen LogP contribution in [0.25, 0.3) is 109 Å². The van der Waals surface area contributed by atoms with Crippen molar-refractivity contribution in [2.24, 2.45) is 0 Å². The number of fused-ring (bicyclic) bond motifs is 9. The average Bonchev–Trinajstić information content (AvgIpc) is 4.01. The zero-order valence-corrected chi connectivity index (χ0v) is 31.2. The highest BCUT2D eigenvalue weighted by Gasteiger charge is 2.20. The molecule has 0 aliphatic carbocycles. The lowest BCUT2D eigenvalue weighted by molar-refractivity contribution is 1.18. The lowest BCUT2D eigenvalue weighted by Gasteiger charge is -2.11. The number of nitrogens with zero attached hydrogens (tertiary/aromatic N) is 2. The Morgan fingerprint density at radius 1 is 0.386 bits per heavy atom. The Balaban J connectivity index is 1.16. The van der Waals surface area contributed by atoms with E-state index in [2.05, 4.69) is 71.3 Å². The highest BCUT2D eigenvalue weighted by atomic mass is 32.1. The van der Waals surface area contributed by atoms with Gasteiger partial charge in [0, 0.05) is 47.4 Å². The molecule has 3 heteroatoms. The van der Waals surface area contributed by atoms with Crippen molar-refractivity contribution in [1.29, 1.82) is 0 Å². The second kappa shape index (κ2) is 12.7. The quantitative estimate of drug-likeness (QED) is 0.166. The predicted octanol–water partition coefficient (Wildman–Crippen LogP) is 15.2. The van der Waals surface area contributed by atoms with Gasteiger partial charge in [0.25, 0.3) is 0 Å². The lowest BCUT2D eigenvalue weighted by atomic mass is 9.95. The highest BCUT2D eigenvalue weighted by molar-refractivity contribution is 7.25. The molecule has 57 heavy (non-hydrogen) atoms. The van der Waals surface area contributed by atoms with Gasteiger partial charge < -0.3 is 9.13 Å². The first-order chi connectivity index (χ1) is 31.2. The summed E-state index contributed by atoms with van der Waals surface area (Å²) in [5, 5.41) is 4.12. The van der Waals surface area contributed by atoms with Gasteiger partial charge in [0.05, 0.1) is 37.3 Å². The minimum absolute atomic E-state index is 0.0741. The summed E-state index contributed by atoms with van der Waals surface area (Å²) in [6.07, 6.45) is 0. The predicted molar refractivity (Wildman–Crippen MR) is 244 cm³/mol. The van der Waals surface area contributed by atoms with Crippen molar-refractivity contribution in [2.75, 3.05) is 0 Å². The number of benzene rings is 9. The van der Waals surface area contributed by atoms with Gasteiger partial charge in [-0.25, -0.2) is 0 Å². The van der Waals surface area contributed by atoms with E-state index in [0.29, 0.717) is 11.3 Å². The van der Waals surface area contributed by atoms with Gasteiger partial charge in [0.15, 0.2) is 0 Å². The maximum absolute atomic E-state index is 10.0. The molecule has 0 aliphatic rings.